The van der Waals surface area contributed by atoms with E-state index < -0.39 is 0 Å². The number of carbonyl (C=O) groups excluding carboxylic acids is 1. The minimum atomic E-state index is -0.0419. The Hall–Kier alpha value is -2.35. The Bertz CT molecular complexity index is 602. The predicted molar refractivity (Wildman–Crippen MR) is 87.8 cm³/mol. The number of benzene rings is 2. The minimum absolute atomic E-state index is 0.0419. The highest BCUT2D eigenvalue weighted by molar-refractivity contribution is 5.94. The molecule has 2 aromatic carbocycles. The van der Waals surface area contributed by atoms with Gasteiger partial charge in [-0.1, -0.05) is 60.7 Å². The van der Waals surface area contributed by atoms with E-state index in [4.69, 9.17) is 0 Å². The van der Waals surface area contributed by atoms with E-state index in [0.717, 1.165) is 17.6 Å². The fourth-order valence-electron chi connectivity index (χ4n) is 2.28. The maximum atomic E-state index is 12.0. The van der Waals surface area contributed by atoms with Crippen molar-refractivity contribution in [3.05, 3.63) is 77.9 Å². The molecule has 108 valence electrons. The van der Waals surface area contributed by atoms with Crippen LogP contribution in [0, 0.1) is 0 Å². The summed E-state index contributed by atoms with van der Waals surface area (Å²) in [4.78, 5) is 12.0. The molecule has 0 spiro atoms. The molecule has 0 saturated heterocycles. The molecule has 0 heterocycles. The lowest BCUT2D eigenvalue weighted by Crippen LogP contribution is -2.32. The van der Waals surface area contributed by atoms with Gasteiger partial charge in [-0.2, -0.15) is 0 Å². The molecular weight excluding hydrogens is 258 g/mol. The average Bonchev–Trinajstić information content (AvgIpc) is 2.48. The van der Waals surface area contributed by atoms with Crippen LogP contribution in [0.3, 0.4) is 0 Å². The first-order valence-corrected chi connectivity index (χ1v) is 7.23. The maximum Gasteiger partial charge on any atom is 0.244 e. The highest BCUT2D eigenvalue weighted by atomic mass is 16.1. The van der Waals surface area contributed by atoms with E-state index in [1.54, 1.807) is 6.08 Å². The van der Waals surface area contributed by atoms with Gasteiger partial charge < -0.3 is 5.32 Å². The number of allylic oxidation sites excluding steroid dienone is 1. The molecule has 2 nitrogen and oxygen atoms in total. The van der Waals surface area contributed by atoms with E-state index in [1.165, 1.54) is 5.56 Å². The second-order valence-electron chi connectivity index (χ2n) is 5.29. The quantitative estimate of drug-likeness (QED) is 0.828. The third kappa shape index (κ3) is 4.92. The van der Waals surface area contributed by atoms with Gasteiger partial charge >= 0.3 is 0 Å². The molecule has 0 aliphatic carbocycles. The lowest BCUT2D eigenvalue weighted by atomic mass is 10.1. The molecule has 1 amide bonds. The van der Waals surface area contributed by atoms with Crippen LogP contribution in [-0.2, 0) is 11.2 Å². The summed E-state index contributed by atoms with van der Waals surface area (Å²) in [6.45, 7) is 3.98. The van der Waals surface area contributed by atoms with Crippen molar-refractivity contribution in [1.82, 2.24) is 5.32 Å². The standard InChI is InChI=1S/C19H21NO/c1-15(18-11-7-4-8-12-18)13-19(21)20-16(2)14-17-9-5-3-6-10-17/h3-13,16H,14H2,1-2H3,(H,20,21)/b15-13-/t16-/m1/s1. The number of hydrogen-bond donors (Lipinski definition) is 1. The smallest absolute Gasteiger partial charge is 0.244 e. The van der Waals surface area contributed by atoms with Gasteiger partial charge in [0.15, 0.2) is 0 Å². The number of amides is 1. The third-order valence-corrected chi connectivity index (χ3v) is 3.35. The largest absolute Gasteiger partial charge is 0.350 e. The molecule has 1 N–H and O–H groups in total. The Morgan fingerprint density at radius 2 is 1.62 bits per heavy atom. The van der Waals surface area contributed by atoms with Crippen LogP contribution in [0.4, 0.5) is 0 Å². The zero-order valence-corrected chi connectivity index (χ0v) is 12.5. The van der Waals surface area contributed by atoms with Crippen molar-refractivity contribution in [3.8, 4) is 0 Å². The van der Waals surface area contributed by atoms with Crippen molar-refractivity contribution < 1.29 is 4.79 Å². The summed E-state index contributed by atoms with van der Waals surface area (Å²) in [5.74, 6) is -0.0419. The zero-order valence-electron chi connectivity index (χ0n) is 12.5. The van der Waals surface area contributed by atoms with E-state index in [1.807, 2.05) is 62.4 Å². The van der Waals surface area contributed by atoms with E-state index >= 15 is 0 Å². The Morgan fingerprint density at radius 3 is 2.24 bits per heavy atom. The normalized spacial score (nSPS) is 12.8. The van der Waals surface area contributed by atoms with E-state index in [0.29, 0.717) is 0 Å². The summed E-state index contributed by atoms with van der Waals surface area (Å²) in [5.41, 5.74) is 3.28. The Kier molecular flexibility index (Phi) is 5.33. The van der Waals surface area contributed by atoms with E-state index in [9.17, 15) is 4.79 Å². The summed E-state index contributed by atoms with van der Waals surface area (Å²) < 4.78 is 0. The molecule has 21 heavy (non-hydrogen) atoms. The van der Waals surface area contributed by atoms with Crippen molar-refractivity contribution in [2.75, 3.05) is 0 Å². The first kappa shape index (κ1) is 15.0. The van der Waals surface area contributed by atoms with Crippen LogP contribution < -0.4 is 5.32 Å². The van der Waals surface area contributed by atoms with Crippen molar-refractivity contribution in [3.63, 3.8) is 0 Å². The molecule has 0 aliphatic rings. The summed E-state index contributed by atoms with van der Waals surface area (Å²) in [5, 5.41) is 3.01. The molecule has 1 atom stereocenters. The van der Waals surface area contributed by atoms with Crippen molar-refractivity contribution in [2.24, 2.45) is 0 Å². The van der Waals surface area contributed by atoms with Gasteiger partial charge in [0, 0.05) is 12.1 Å². The van der Waals surface area contributed by atoms with Gasteiger partial charge in [-0.3, -0.25) is 4.79 Å². The van der Waals surface area contributed by atoms with Gasteiger partial charge in [-0.15, -0.1) is 0 Å². The average molecular weight is 279 g/mol. The van der Waals surface area contributed by atoms with Gasteiger partial charge in [0.05, 0.1) is 0 Å². The van der Waals surface area contributed by atoms with Gasteiger partial charge in [0.25, 0.3) is 0 Å². The first-order valence-electron chi connectivity index (χ1n) is 7.23. The van der Waals surface area contributed by atoms with Crippen LogP contribution in [0.25, 0.3) is 5.57 Å². The van der Waals surface area contributed by atoms with Crippen LogP contribution in [0.5, 0.6) is 0 Å². The van der Waals surface area contributed by atoms with Crippen molar-refractivity contribution in [1.29, 1.82) is 0 Å². The molecule has 0 unspecified atom stereocenters. The van der Waals surface area contributed by atoms with Crippen LogP contribution in [-0.4, -0.2) is 11.9 Å². The highest BCUT2D eigenvalue weighted by Gasteiger charge is 2.06. The summed E-state index contributed by atoms with van der Waals surface area (Å²) in [6.07, 6.45) is 2.50. The maximum absolute atomic E-state index is 12.0. The second-order valence-corrected chi connectivity index (χ2v) is 5.29. The Morgan fingerprint density at radius 1 is 1.05 bits per heavy atom. The monoisotopic (exact) mass is 279 g/mol. The minimum Gasteiger partial charge on any atom is -0.350 e. The molecule has 0 aliphatic heterocycles. The van der Waals surface area contributed by atoms with Crippen LogP contribution in [0.15, 0.2) is 66.7 Å². The second kappa shape index (κ2) is 7.44. The molecule has 0 aromatic heterocycles. The molecule has 0 fully saturated rings. The number of carbonyl (C=O) groups is 1. The molecular formula is C19H21NO. The molecule has 0 bridgehead atoms. The fourth-order valence-corrected chi connectivity index (χ4v) is 2.28. The molecule has 2 rings (SSSR count). The summed E-state index contributed by atoms with van der Waals surface area (Å²) >= 11 is 0. The lowest BCUT2D eigenvalue weighted by Gasteiger charge is -2.13. The summed E-state index contributed by atoms with van der Waals surface area (Å²) in [7, 11) is 0. The van der Waals surface area contributed by atoms with Crippen molar-refractivity contribution >= 4 is 11.5 Å². The van der Waals surface area contributed by atoms with E-state index in [2.05, 4.69) is 17.4 Å². The SMILES string of the molecule is C/C(=C/C(=O)N[C@H](C)Cc1ccccc1)c1ccccc1. The Labute approximate surface area is 126 Å². The molecule has 0 radical (unpaired) electrons. The molecule has 0 saturated carbocycles. The topological polar surface area (TPSA) is 29.1 Å². The van der Waals surface area contributed by atoms with E-state index in [-0.39, 0.29) is 11.9 Å². The zero-order chi connectivity index (χ0) is 15.1. The molecule has 2 heteroatoms. The van der Waals surface area contributed by atoms with Crippen LogP contribution in [0.2, 0.25) is 0 Å². The summed E-state index contributed by atoms with van der Waals surface area (Å²) in [6, 6.07) is 20.2. The number of hydrogen-bond acceptors (Lipinski definition) is 1. The number of rotatable bonds is 5. The van der Waals surface area contributed by atoms with Gasteiger partial charge in [-0.05, 0) is 37.0 Å². The Balaban J connectivity index is 1.92. The fraction of sp³-hybridized carbons (Fsp3) is 0.211. The van der Waals surface area contributed by atoms with Gasteiger partial charge in [-0.25, -0.2) is 0 Å². The first-order chi connectivity index (χ1) is 10.1. The highest BCUT2D eigenvalue weighted by Crippen LogP contribution is 2.12. The predicted octanol–water partition coefficient (Wildman–Crippen LogP) is 3.84. The number of nitrogens with one attached hydrogen (secondary N) is 1. The van der Waals surface area contributed by atoms with Gasteiger partial charge in [0.2, 0.25) is 5.91 Å². The van der Waals surface area contributed by atoms with Crippen LogP contribution in [0.1, 0.15) is 25.0 Å². The van der Waals surface area contributed by atoms with Crippen molar-refractivity contribution in [2.45, 2.75) is 26.3 Å². The molecule has 2 aromatic rings. The third-order valence-electron chi connectivity index (χ3n) is 3.35. The lowest BCUT2D eigenvalue weighted by molar-refractivity contribution is -0.117. The van der Waals surface area contributed by atoms with Crippen LogP contribution >= 0.6 is 0 Å². The van der Waals surface area contributed by atoms with Gasteiger partial charge in [0.1, 0.15) is 0 Å².